The van der Waals surface area contributed by atoms with Gasteiger partial charge in [-0.25, -0.2) is 4.79 Å². The van der Waals surface area contributed by atoms with Gasteiger partial charge in [-0.2, -0.15) is 0 Å². The standard InChI is InChI=1S/C14H20N2O10/c17-3-5-8(20)10(22)13(25-5)26-11-9(21)6(4-18)24-12(11)16-2-1-7(19)15-14(16)23/h1-2,5-6,8-13,17-18,20-22H,3-4H2,(H,15,19,23)/t5-,6-,8-,9-,10-,11-,12-,13-/m1/s1. The molecule has 0 unspecified atom stereocenters. The third-order valence-electron chi connectivity index (χ3n) is 4.41. The van der Waals surface area contributed by atoms with Crippen LogP contribution in [0.3, 0.4) is 0 Å². The van der Waals surface area contributed by atoms with Crippen molar-refractivity contribution in [2.45, 2.75) is 49.1 Å². The molecule has 146 valence electrons. The molecule has 0 aromatic carbocycles. The Bertz CT molecular complexity index is 735. The van der Waals surface area contributed by atoms with Crippen LogP contribution in [0, 0.1) is 0 Å². The number of aromatic amines is 1. The van der Waals surface area contributed by atoms with Gasteiger partial charge in [-0.1, -0.05) is 0 Å². The first kappa shape index (κ1) is 19.1. The first-order valence-corrected chi connectivity index (χ1v) is 7.91. The van der Waals surface area contributed by atoms with Crippen LogP contribution in [0.1, 0.15) is 6.23 Å². The Kier molecular flexibility index (Phi) is 5.55. The highest BCUT2D eigenvalue weighted by molar-refractivity contribution is 4.95. The summed E-state index contributed by atoms with van der Waals surface area (Å²) < 4.78 is 17.1. The minimum atomic E-state index is -1.51. The van der Waals surface area contributed by atoms with Crippen molar-refractivity contribution < 1.29 is 39.7 Å². The molecule has 0 spiro atoms. The van der Waals surface area contributed by atoms with Crippen LogP contribution >= 0.6 is 0 Å². The Labute approximate surface area is 145 Å². The van der Waals surface area contributed by atoms with Gasteiger partial charge < -0.3 is 39.7 Å². The topological polar surface area (TPSA) is 184 Å². The molecule has 26 heavy (non-hydrogen) atoms. The van der Waals surface area contributed by atoms with Gasteiger partial charge in [-0.3, -0.25) is 14.3 Å². The summed E-state index contributed by atoms with van der Waals surface area (Å²) in [5, 5.41) is 48.5. The van der Waals surface area contributed by atoms with Crippen molar-refractivity contribution in [1.82, 2.24) is 9.55 Å². The molecule has 0 saturated carbocycles. The molecule has 0 aliphatic carbocycles. The third-order valence-corrected chi connectivity index (χ3v) is 4.41. The molecular weight excluding hydrogens is 356 g/mol. The quantitative estimate of drug-likeness (QED) is 0.293. The lowest BCUT2D eigenvalue weighted by molar-refractivity contribution is -0.220. The van der Waals surface area contributed by atoms with Crippen LogP contribution in [-0.2, 0) is 14.2 Å². The summed E-state index contributed by atoms with van der Waals surface area (Å²) in [7, 11) is 0. The van der Waals surface area contributed by atoms with E-state index in [1.807, 2.05) is 4.98 Å². The zero-order chi connectivity index (χ0) is 19.0. The largest absolute Gasteiger partial charge is 0.394 e. The molecule has 8 atom stereocenters. The maximum absolute atomic E-state index is 12.0. The number of nitrogens with one attached hydrogen (secondary N) is 1. The van der Waals surface area contributed by atoms with Crippen LogP contribution in [-0.4, -0.2) is 91.2 Å². The number of hydrogen-bond donors (Lipinski definition) is 6. The van der Waals surface area contributed by atoms with Crippen LogP contribution in [0.15, 0.2) is 21.9 Å². The van der Waals surface area contributed by atoms with Crippen LogP contribution in [0.5, 0.6) is 0 Å². The normalized spacial score (nSPS) is 40.2. The Morgan fingerprint density at radius 1 is 1.04 bits per heavy atom. The molecule has 2 fully saturated rings. The Balaban J connectivity index is 1.87. The van der Waals surface area contributed by atoms with Crippen LogP contribution in [0.25, 0.3) is 0 Å². The maximum atomic E-state index is 12.0. The van der Waals surface area contributed by atoms with Gasteiger partial charge in [-0.05, 0) is 0 Å². The lowest BCUT2D eigenvalue weighted by Gasteiger charge is -2.26. The Hall–Kier alpha value is -1.64. The number of aliphatic hydroxyl groups excluding tert-OH is 5. The van der Waals surface area contributed by atoms with E-state index in [-0.39, 0.29) is 0 Å². The predicted molar refractivity (Wildman–Crippen MR) is 81.0 cm³/mol. The molecule has 0 radical (unpaired) electrons. The minimum absolute atomic E-state index is 0.566. The zero-order valence-electron chi connectivity index (χ0n) is 13.4. The summed E-state index contributed by atoms with van der Waals surface area (Å²) in [6, 6.07) is 1.06. The van der Waals surface area contributed by atoms with E-state index in [1.54, 1.807) is 0 Å². The highest BCUT2D eigenvalue weighted by atomic mass is 16.7. The first-order valence-electron chi connectivity index (χ1n) is 7.91. The summed E-state index contributed by atoms with van der Waals surface area (Å²) in [6.45, 7) is -1.14. The van der Waals surface area contributed by atoms with Crippen molar-refractivity contribution in [2.75, 3.05) is 13.2 Å². The lowest BCUT2D eigenvalue weighted by atomic mass is 10.1. The van der Waals surface area contributed by atoms with Crippen molar-refractivity contribution in [3.05, 3.63) is 33.1 Å². The molecule has 12 heteroatoms. The summed E-state index contributed by atoms with van der Waals surface area (Å²) in [4.78, 5) is 25.2. The summed E-state index contributed by atoms with van der Waals surface area (Å²) in [5.41, 5.74) is -1.47. The fourth-order valence-corrected chi connectivity index (χ4v) is 3.00. The van der Waals surface area contributed by atoms with Gasteiger partial charge >= 0.3 is 5.69 Å². The minimum Gasteiger partial charge on any atom is -0.394 e. The van der Waals surface area contributed by atoms with Crippen molar-refractivity contribution in [1.29, 1.82) is 0 Å². The number of hydrogen-bond acceptors (Lipinski definition) is 10. The van der Waals surface area contributed by atoms with Gasteiger partial charge in [0, 0.05) is 12.3 Å². The van der Waals surface area contributed by atoms with Gasteiger partial charge in [0.2, 0.25) is 0 Å². The van der Waals surface area contributed by atoms with E-state index in [2.05, 4.69) is 0 Å². The molecule has 2 aliphatic rings. The SMILES string of the molecule is O=c1ccn([C@@H]2O[C@H](CO)[C@@H](O)[C@H]2O[C@H]2O[C@H](CO)[C@@H](O)[C@H]2O)c(=O)[nH]1. The number of rotatable bonds is 5. The van der Waals surface area contributed by atoms with E-state index >= 15 is 0 Å². The predicted octanol–water partition coefficient (Wildman–Crippen LogP) is -4.39. The van der Waals surface area contributed by atoms with Crippen molar-refractivity contribution >= 4 is 0 Å². The molecule has 2 saturated heterocycles. The highest BCUT2D eigenvalue weighted by Gasteiger charge is 2.51. The molecule has 1 aromatic heterocycles. The average Bonchev–Trinajstić information content (AvgIpc) is 3.07. The van der Waals surface area contributed by atoms with Crippen LogP contribution in [0.4, 0.5) is 0 Å². The average molecular weight is 376 g/mol. The molecular formula is C14H20N2O10. The van der Waals surface area contributed by atoms with E-state index in [9.17, 15) is 30.0 Å². The van der Waals surface area contributed by atoms with Gasteiger partial charge in [0.1, 0.15) is 36.6 Å². The zero-order valence-corrected chi connectivity index (χ0v) is 13.4. The molecule has 3 rings (SSSR count). The molecule has 3 heterocycles. The fourth-order valence-electron chi connectivity index (χ4n) is 3.00. The van der Waals surface area contributed by atoms with E-state index in [4.69, 9.17) is 19.3 Å². The summed E-state index contributed by atoms with van der Waals surface area (Å²) in [6.07, 6.45) is -9.31. The molecule has 0 bridgehead atoms. The number of ether oxygens (including phenoxy) is 3. The second-order valence-electron chi connectivity index (χ2n) is 6.06. The van der Waals surface area contributed by atoms with E-state index < -0.39 is 73.6 Å². The van der Waals surface area contributed by atoms with Gasteiger partial charge in [0.15, 0.2) is 12.5 Å². The van der Waals surface area contributed by atoms with Crippen LogP contribution < -0.4 is 11.2 Å². The molecule has 12 nitrogen and oxygen atoms in total. The summed E-state index contributed by atoms with van der Waals surface area (Å²) >= 11 is 0. The number of aromatic nitrogens is 2. The first-order chi connectivity index (χ1) is 12.4. The number of H-pyrrole nitrogens is 1. The highest BCUT2D eigenvalue weighted by Crippen LogP contribution is 2.34. The van der Waals surface area contributed by atoms with Crippen molar-refractivity contribution in [3.63, 3.8) is 0 Å². The van der Waals surface area contributed by atoms with E-state index in [0.717, 1.165) is 16.8 Å². The Morgan fingerprint density at radius 3 is 2.27 bits per heavy atom. The fraction of sp³-hybridized carbons (Fsp3) is 0.714. The monoisotopic (exact) mass is 376 g/mol. The smallest absolute Gasteiger partial charge is 0.330 e. The van der Waals surface area contributed by atoms with Crippen molar-refractivity contribution in [3.8, 4) is 0 Å². The van der Waals surface area contributed by atoms with Gasteiger partial charge in [0.25, 0.3) is 5.56 Å². The Morgan fingerprint density at radius 2 is 1.69 bits per heavy atom. The van der Waals surface area contributed by atoms with Crippen molar-refractivity contribution in [2.24, 2.45) is 0 Å². The van der Waals surface area contributed by atoms with Gasteiger partial charge in [-0.15, -0.1) is 0 Å². The molecule has 2 aliphatic heterocycles. The van der Waals surface area contributed by atoms with E-state index in [1.165, 1.54) is 0 Å². The second-order valence-corrected chi connectivity index (χ2v) is 6.06. The van der Waals surface area contributed by atoms with Crippen LogP contribution in [0.2, 0.25) is 0 Å². The summed E-state index contributed by atoms with van der Waals surface area (Å²) in [5.74, 6) is 0. The molecule has 6 N–H and O–H groups in total. The molecule has 0 amide bonds. The van der Waals surface area contributed by atoms with Gasteiger partial charge in [0.05, 0.1) is 13.2 Å². The van der Waals surface area contributed by atoms with E-state index in [0.29, 0.717) is 0 Å². The maximum Gasteiger partial charge on any atom is 0.330 e. The molecule has 1 aromatic rings. The number of nitrogens with zero attached hydrogens (tertiary/aromatic N) is 1. The lowest BCUT2D eigenvalue weighted by Crippen LogP contribution is -2.43. The number of aliphatic hydroxyl groups is 5. The third kappa shape index (κ3) is 3.33. The second kappa shape index (κ2) is 7.54.